The average molecular weight is 763 g/mol. The normalized spacial score (nSPS) is 23.4. The number of pyridine rings is 1. The topological polar surface area (TPSA) is 150 Å². The van der Waals surface area contributed by atoms with E-state index in [0.29, 0.717) is 34.5 Å². The molecule has 3 aliphatic heterocycles. The molecule has 11 heteroatoms. The van der Waals surface area contributed by atoms with E-state index in [1.165, 1.54) is 0 Å². The van der Waals surface area contributed by atoms with E-state index in [0.717, 1.165) is 16.8 Å². The Hall–Kier alpha value is -6.32. The van der Waals surface area contributed by atoms with Crippen LogP contribution < -0.4 is 15.4 Å². The molecule has 8 rings (SSSR count). The van der Waals surface area contributed by atoms with E-state index in [1.807, 2.05) is 102 Å². The summed E-state index contributed by atoms with van der Waals surface area (Å²) in [6.07, 6.45) is 1.53. The number of hydrogen-bond acceptors (Lipinski definition) is 9. The van der Waals surface area contributed by atoms with Gasteiger partial charge in [-0.3, -0.25) is 24.3 Å². The summed E-state index contributed by atoms with van der Waals surface area (Å²) in [6, 6.07) is 34.4. The van der Waals surface area contributed by atoms with Crippen molar-refractivity contribution in [3.8, 4) is 17.6 Å². The maximum atomic E-state index is 15.4. The van der Waals surface area contributed by atoms with E-state index < -0.39 is 53.3 Å². The van der Waals surface area contributed by atoms with E-state index in [2.05, 4.69) is 27.5 Å². The third-order valence-corrected chi connectivity index (χ3v) is 11.0. The molecule has 2 fully saturated rings. The number of esters is 1. The molecule has 288 valence electrons. The minimum atomic E-state index is -1.74. The number of cyclic esters (lactones) is 1. The summed E-state index contributed by atoms with van der Waals surface area (Å²) >= 11 is 0. The number of aromatic nitrogens is 1. The van der Waals surface area contributed by atoms with Crippen LogP contribution >= 0.6 is 0 Å². The number of amides is 2. The van der Waals surface area contributed by atoms with Crippen molar-refractivity contribution in [1.82, 2.24) is 15.2 Å². The maximum absolute atomic E-state index is 15.4. The first-order valence-corrected chi connectivity index (χ1v) is 19.1. The molecule has 1 aromatic heterocycles. The highest BCUT2D eigenvalue weighted by atomic mass is 16.6. The minimum Gasteiger partial charge on any atom is -0.491 e. The molecule has 4 heterocycles. The molecule has 0 saturated carbocycles. The van der Waals surface area contributed by atoms with Crippen molar-refractivity contribution in [2.45, 2.75) is 42.5 Å². The third-order valence-electron chi connectivity index (χ3n) is 11.0. The van der Waals surface area contributed by atoms with Crippen LogP contribution in [0.3, 0.4) is 0 Å². The second-order valence-corrected chi connectivity index (χ2v) is 14.2. The number of aliphatic hydroxyl groups is 2. The van der Waals surface area contributed by atoms with Crippen molar-refractivity contribution in [2.75, 3.05) is 31.7 Å². The summed E-state index contributed by atoms with van der Waals surface area (Å²) in [5, 5.41) is 25.5. The minimum absolute atomic E-state index is 0.0260. The number of morpholine rings is 1. The monoisotopic (exact) mass is 762 g/mol. The van der Waals surface area contributed by atoms with Crippen LogP contribution in [-0.2, 0) is 31.0 Å². The molecule has 0 aliphatic carbocycles. The van der Waals surface area contributed by atoms with Crippen LogP contribution in [0, 0.1) is 17.8 Å². The van der Waals surface area contributed by atoms with Gasteiger partial charge in [-0.05, 0) is 53.1 Å². The largest absolute Gasteiger partial charge is 0.491 e. The van der Waals surface area contributed by atoms with Gasteiger partial charge in [-0.25, -0.2) is 0 Å². The second kappa shape index (κ2) is 16.4. The fraction of sp³-hybridized carbons (Fsp3) is 0.261. The molecule has 0 bridgehead atoms. The molecular formula is C46H42N4O7. The van der Waals surface area contributed by atoms with Crippen LogP contribution in [0.1, 0.15) is 58.1 Å². The first-order valence-electron chi connectivity index (χ1n) is 19.1. The fourth-order valence-corrected chi connectivity index (χ4v) is 8.83. The Bertz CT molecular complexity index is 2310. The summed E-state index contributed by atoms with van der Waals surface area (Å²) in [5.74, 6) is 3.56. The van der Waals surface area contributed by atoms with Crippen LogP contribution in [0.2, 0.25) is 0 Å². The van der Waals surface area contributed by atoms with E-state index in [1.54, 1.807) is 30.5 Å². The lowest BCUT2D eigenvalue weighted by Gasteiger charge is -2.46. The van der Waals surface area contributed by atoms with Gasteiger partial charge in [-0.2, -0.15) is 0 Å². The van der Waals surface area contributed by atoms with Crippen molar-refractivity contribution in [3.05, 3.63) is 161 Å². The zero-order chi connectivity index (χ0) is 39.4. The number of nitrogens with zero attached hydrogens (tertiary/aromatic N) is 2. The quantitative estimate of drug-likeness (QED) is 0.110. The predicted molar refractivity (Wildman–Crippen MR) is 212 cm³/mol. The van der Waals surface area contributed by atoms with Gasteiger partial charge in [-0.15, -0.1) is 0 Å². The number of carbonyl (C=O) groups excluding carboxylic acids is 3. The van der Waals surface area contributed by atoms with Gasteiger partial charge in [0.25, 0.3) is 0 Å². The fourth-order valence-electron chi connectivity index (χ4n) is 8.83. The third kappa shape index (κ3) is 6.82. The van der Waals surface area contributed by atoms with Gasteiger partial charge in [0.2, 0.25) is 11.8 Å². The molecule has 2 amide bonds. The maximum Gasteiger partial charge on any atom is 0.324 e. The molecule has 5 aromatic rings. The molecule has 3 aliphatic rings. The van der Waals surface area contributed by atoms with Gasteiger partial charge in [0.15, 0.2) is 0 Å². The highest BCUT2D eigenvalue weighted by Crippen LogP contribution is 2.65. The van der Waals surface area contributed by atoms with Crippen LogP contribution in [0.4, 0.5) is 5.69 Å². The van der Waals surface area contributed by atoms with Crippen molar-refractivity contribution in [1.29, 1.82) is 0 Å². The van der Waals surface area contributed by atoms with Crippen LogP contribution in [0.15, 0.2) is 128 Å². The summed E-state index contributed by atoms with van der Waals surface area (Å²) < 4.78 is 12.7. The van der Waals surface area contributed by atoms with E-state index in [-0.39, 0.29) is 32.8 Å². The van der Waals surface area contributed by atoms with Gasteiger partial charge in [0.05, 0.1) is 31.2 Å². The SMILES string of the molecule is O=C1OC(c2ccccc2)C(c2ccccc2)N2C1C(C(=O)NCCc1ccccn1)C1(C(=O)Nc3ccc(C#CCCO)cc31)C2c1ccccc1OCCO. The number of benzene rings is 4. The van der Waals surface area contributed by atoms with Crippen LogP contribution in [0.5, 0.6) is 5.75 Å². The molecule has 1 spiro atoms. The van der Waals surface area contributed by atoms with Gasteiger partial charge >= 0.3 is 5.97 Å². The van der Waals surface area contributed by atoms with Crippen molar-refractivity contribution < 1.29 is 34.1 Å². The average Bonchev–Trinajstić information content (AvgIpc) is 3.72. The molecule has 57 heavy (non-hydrogen) atoms. The zero-order valence-electron chi connectivity index (χ0n) is 31.1. The number of nitrogens with one attached hydrogen (secondary N) is 2. The number of aliphatic hydroxyl groups excluding tert-OH is 2. The highest BCUT2D eigenvalue weighted by molar-refractivity contribution is 6.12. The number of carbonyl (C=O) groups is 3. The number of hydrogen-bond donors (Lipinski definition) is 4. The number of ether oxygens (including phenoxy) is 2. The molecule has 6 unspecified atom stereocenters. The van der Waals surface area contributed by atoms with Crippen molar-refractivity contribution in [3.63, 3.8) is 0 Å². The summed E-state index contributed by atoms with van der Waals surface area (Å²) in [6.45, 7) is -0.202. The van der Waals surface area contributed by atoms with Gasteiger partial charge < -0.3 is 30.3 Å². The Kier molecular flexibility index (Phi) is 10.8. The molecule has 4 N–H and O–H groups in total. The van der Waals surface area contributed by atoms with E-state index >= 15 is 9.59 Å². The van der Waals surface area contributed by atoms with Crippen LogP contribution in [-0.4, -0.2) is 70.3 Å². The first-order chi connectivity index (χ1) is 28.0. The lowest BCUT2D eigenvalue weighted by Crippen LogP contribution is -2.55. The van der Waals surface area contributed by atoms with Gasteiger partial charge in [0.1, 0.15) is 29.9 Å². The highest BCUT2D eigenvalue weighted by Gasteiger charge is 2.74. The molecular weight excluding hydrogens is 721 g/mol. The summed E-state index contributed by atoms with van der Waals surface area (Å²) in [7, 11) is 0. The molecule has 0 radical (unpaired) electrons. The summed E-state index contributed by atoms with van der Waals surface area (Å²) in [4.78, 5) is 52.0. The number of anilines is 1. The molecule has 4 aromatic carbocycles. The van der Waals surface area contributed by atoms with Crippen molar-refractivity contribution in [2.24, 2.45) is 5.92 Å². The number of fused-ring (bicyclic) bond motifs is 3. The van der Waals surface area contributed by atoms with E-state index in [4.69, 9.17) is 9.47 Å². The summed E-state index contributed by atoms with van der Waals surface area (Å²) in [5.41, 5.74) is 2.72. The Balaban J connectivity index is 1.40. The van der Waals surface area contributed by atoms with Crippen LogP contribution in [0.25, 0.3) is 0 Å². The Morgan fingerprint density at radius 1 is 0.877 bits per heavy atom. The molecule has 2 saturated heterocycles. The molecule has 11 nitrogen and oxygen atoms in total. The number of para-hydroxylation sites is 1. The standard InChI is InChI=1S/C46H42N4O7/c51-26-12-10-13-30-21-22-36-35(29-30)46(45(55)49-36)38(43(53)48-25-23-33-18-9-11-24-47-33)40-44(54)57-41(32-16-5-2-6-17-32)39(31-14-3-1-4-15-31)50(40)42(46)34-19-7-8-20-37(34)56-28-27-52/h1-9,11,14-22,24,29,38-42,51-52H,12,23,25-28H2,(H,48,53)(H,49,55). The second-order valence-electron chi connectivity index (χ2n) is 14.2. The lowest BCUT2D eigenvalue weighted by molar-refractivity contribution is -0.178. The Morgan fingerprint density at radius 3 is 2.35 bits per heavy atom. The zero-order valence-corrected chi connectivity index (χ0v) is 31.1. The Morgan fingerprint density at radius 2 is 1.61 bits per heavy atom. The molecule has 6 atom stereocenters. The predicted octanol–water partition coefficient (Wildman–Crippen LogP) is 4.82. The van der Waals surface area contributed by atoms with Crippen molar-refractivity contribution >= 4 is 23.5 Å². The first kappa shape index (κ1) is 37.6. The lowest BCUT2D eigenvalue weighted by atomic mass is 9.65. The van der Waals surface area contributed by atoms with Gasteiger partial charge in [-0.1, -0.05) is 96.8 Å². The Labute approximate surface area is 330 Å². The van der Waals surface area contributed by atoms with E-state index in [9.17, 15) is 15.0 Å². The van der Waals surface area contributed by atoms with Gasteiger partial charge in [0, 0.05) is 48.1 Å². The smallest absolute Gasteiger partial charge is 0.324 e. The number of rotatable bonds is 11.